The highest BCUT2D eigenvalue weighted by Crippen LogP contribution is 2.34. The molecule has 0 radical (unpaired) electrons. The number of ether oxygens (including phenoxy) is 3. The van der Waals surface area contributed by atoms with E-state index >= 15 is 0 Å². The van der Waals surface area contributed by atoms with Crippen LogP contribution in [0.3, 0.4) is 0 Å². The smallest absolute Gasteiger partial charge is 0.222 e. The number of aromatic nitrogens is 2. The molecule has 1 saturated heterocycles. The highest BCUT2D eigenvalue weighted by Gasteiger charge is 2.26. The Bertz CT molecular complexity index is 1130. The molecule has 1 aliphatic heterocycles. The summed E-state index contributed by atoms with van der Waals surface area (Å²) in [5.41, 5.74) is 3.99. The van der Waals surface area contributed by atoms with Gasteiger partial charge in [0.1, 0.15) is 18.1 Å². The van der Waals surface area contributed by atoms with Gasteiger partial charge in [-0.15, -0.1) is 6.42 Å². The van der Waals surface area contributed by atoms with Crippen molar-refractivity contribution in [2.45, 2.75) is 38.5 Å². The lowest BCUT2D eigenvalue weighted by Gasteiger charge is -2.27. The van der Waals surface area contributed by atoms with Crippen molar-refractivity contribution in [3.05, 3.63) is 65.7 Å². The molecule has 3 aromatic rings. The van der Waals surface area contributed by atoms with Crippen LogP contribution in [0.25, 0.3) is 11.3 Å². The van der Waals surface area contributed by atoms with Crippen LogP contribution in [0, 0.1) is 19.3 Å². The number of hydrogen-bond acceptors (Lipinski definition) is 6. The van der Waals surface area contributed by atoms with E-state index in [1.807, 2.05) is 56.4 Å². The Labute approximate surface area is 213 Å². The second-order valence-corrected chi connectivity index (χ2v) is 9.24. The maximum absolute atomic E-state index is 10.7. The predicted molar refractivity (Wildman–Crippen MR) is 140 cm³/mol. The van der Waals surface area contributed by atoms with Gasteiger partial charge in [0, 0.05) is 38.9 Å². The summed E-state index contributed by atoms with van der Waals surface area (Å²) in [6.07, 6.45) is 6.78. The molecule has 0 saturated carbocycles. The standard InChI is InChI=1S/C29H35N3O4/c1-4-16-34-21-24(33)18-32(19-26-11-8-17-35-26)20-27-28(23-9-6-5-7-10-23)30-31(3)29(27)36-25-14-12-22(2)13-15-25/h1,5-7,9-10,12-15,24,26,33H,8,11,16-21H2,2-3H3/t24-,26-/m1/s1. The molecular weight excluding hydrogens is 454 g/mol. The summed E-state index contributed by atoms with van der Waals surface area (Å²) in [6.45, 7) is 4.82. The van der Waals surface area contributed by atoms with Crippen LogP contribution >= 0.6 is 0 Å². The van der Waals surface area contributed by atoms with Crippen LogP contribution < -0.4 is 4.74 Å². The van der Waals surface area contributed by atoms with Crippen LogP contribution in [-0.2, 0) is 23.1 Å². The zero-order valence-electron chi connectivity index (χ0n) is 21.1. The fourth-order valence-corrected chi connectivity index (χ4v) is 4.48. The quantitative estimate of drug-likeness (QED) is 0.304. The van der Waals surface area contributed by atoms with E-state index in [4.69, 9.17) is 25.7 Å². The third kappa shape index (κ3) is 6.96. The van der Waals surface area contributed by atoms with Gasteiger partial charge in [0.05, 0.1) is 24.4 Å². The Morgan fingerprint density at radius 3 is 2.69 bits per heavy atom. The number of hydrogen-bond donors (Lipinski definition) is 1. The van der Waals surface area contributed by atoms with Gasteiger partial charge in [-0.1, -0.05) is 53.9 Å². The average molecular weight is 490 g/mol. The molecular formula is C29H35N3O4. The van der Waals surface area contributed by atoms with Crippen molar-refractivity contribution in [3.8, 4) is 35.2 Å². The zero-order chi connectivity index (χ0) is 25.3. The Kier molecular flexibility index (Phi) is 9.15. The molecule has 36 heavy (non-hydrogen) atoms. The minimum atomic E-state index is -0.682. The normalized spacial score (nSPS) is 16.2. The lowest BCUT2D eigenvalue weighted by Crippen LogP contribution is -2.39. The SMILES string of the molecule is C#CCOC[C@H](O)CN(Cc1c(-c2ccccc2)nn(C)c1Oc1ccc(C)cc1)C[C@H]1CCCO1. The minimum Gasteiger partial charge on any atom is -0.439 e. The first-order valence-corrected chi connectivity index (χ1v) is 12.4. The molecule has 1 N–H and O–H groups in total. The van der Waals surface area contributed by atoms with Gasteiger partial charge in [-0.2, -0.15) is 5.10 Å². The largest absolute Gasteiger partial charge is 0.439 e. The number of terminal acetylenes is 1. The van der Waals surface area contributed by atoms with E-state index in [9.17, 15) is 5.11 Å². The number of aryl methyl sites for hydroxylation is 2. The van der Waals surface area contributed by atoms with Gasteiger partial charge in [0.25, 0.3) is 0 Å². The molecule has 7 nitrogen and oxygen atoms in total. The van der Waals surface area contributed by atoms with E-state index in [-0.39, 0.29) is 19.3 Å². The molecule has 0 bridgehead atoms. The van der Waals surface area contributed by atoms with E-state index in [1.54, 1.807) is 4.68 Å². The van der Waals surface area contributed by atoms with Crippen molar-refractivity contribution in [1.82, 2.24) is 14.7 Å². The first-order chi connectivity index (χ1) is 17.5. The van der Waals surface area contributed by atoms with Gasteiger partial charge in [-0.25, -0.2) is 4.68 Å². The molecule has 0 spiro atoms. The van der Waals surface area contributed by atoms with Gasteiger partial charge in [-0.3, -0.25) is 4.90 Å². The van der Waals surface area contributed by atoms with E-state index in [0.29, 0.717) is 25.5 Å². The zero-order valence-corrected chi connectivity index (χ0v) is 21.1. The molecule has 1 fully saturated rings. The molecule has 0 aliphatic carbocycles. The van der Waals surface area contributed by atoms with Gasteiger partial charge in [0.15, 0.2) is 0 Å². The maximum atomic E-state index is 10.7. The number of nitrogens with zero attached hydrogens (tertiary/aromatic N) is 3. The Hall–Kier alpha value is -3.15. The third-order valence-electron chi connectivity index (χ3n) is 6.20. The summed E-state index contributed by atoms with van der Waals surface area (Å²) in [5, 5.41) is 15.5. The van der Waals surface area contributed by atoms with E-state index in [1.165, 1.54) is 5.56 Å². The van der Waals surface area contributed by atoms with Crippen LogP contribution in [0.2, 0.25) is 0 Å². The summed E-state index contributed by atoms with van der Waals surface area (Å²) in [5.74, 6) is 3.87. The van der Waals surface area contributed by atoms with Gasteiger partial charge >= 0.3 is 0 Å². The second-order valence-electron chi connectivity index (χ2n) is 9.24. The van der Waals surface area contributed by atoms with Crippen LogP contribution in [-0.4, -0.2) is 64.9 Å². The van der Waals surface area contributed by atoms with Crippen molar-refractivity contribution >= 4 is 0 Å². The topological polar surface area (TPSA) is 69.0 Å². The number of benzene rings is 2. The Balaban J connectivity index is 1.65. The minimum absolute atomic E-state index is 0.127. The molecule has 190 valence electrons. The molecule has 0 amide bonds. The van der Waals surface area contributed by atoms with E-state index in [0.717, 1.165) is 42.0 Å². The fraction of sp³-hybridized carbons (Fsp3) is 0.414. The van der Waals surface area contributed by atoms with Gasteiger partial charge in [0.2, 0.25) is 5.88 Å². The van der Waals surface area contributed by atoms with Crippen molar-refractivity contribution in [2.75, 3.05) is 32.9 Å². The maximum Gasteiger partial charge on any atom is 0.222 e. The second kappa shape index (κ2) is 12.7. The summed E-state index contributed by atoms with van der Waals surface area (Å²) < 4.78 is 19.5. The molecule has 7 heteroatoms. The van der Waals surface area contributed by atoms with E-state index in [2.05, 4.69) is 23.0 Å². The fourth-order valence-electron chi connectivity index (χ4n) is 4.48. The first-order valence-electron chi connectivity index (χ1n) is 12.4. The molecule has 2 heterocycles. The molecule has 2 aromatic carbocycles. The van der Waals surface area contributed by atoms with Crippen LogP contribution in [0.15, 0.2) is 54.6 Å². The molecule has 1 aliphatic rings. The van der Waals surface area contributed by atoms with Crippen molar-refractivity contribution in [3.63, 3.8) is 0 Å². The van der Waals surface area contributed by atoms with Crippen molar-refractivity contribution < 1.29 is 19.3 Å². The lowest BCUT2D eigenvalue weighted by molar-refractivity contribution is 0.00943. The molecule has 4 rings (SSSR count). The van der Waals surface area contributed by atoms with Gasteiger partial charge in [-0.05, 0) is 31.9 Å². The van der Waals surface area contributed by atoms with Crippen molar-refractivity contribution in [2.24, 2.45) is 7.05 Å². The summed E-state index contributed by atoms with van der Waals surface area (Å²) in [6, 6.07) is 18.1. The molecule has 2 atom stereocenters. The highest BCUT2D eigenvalue weighted by molar-refractivity contribution is 5.65. The number of aliphatic hydroxyl groups excluding tert-OH is 1. The summed E-state index contributed by atoms with van der Waals surface area (Å²) in [7, 11) is 1.90. The predicted octanol–water partition coefficient (Wildman–Crippen LogP) is 4.18. The summed E-state index contributed by atoms with van der Waals surface area (Å²) in [4.78, 5) is 2.20. The molecule has 1 aromatic heterocycles. The highest BCUT2D eigenvalue weighted by atomic mass is 16.5. The molecule has 0 unspecified atom stereocenters. The third-order valence-corrected chi connectivity index (χ3v) is 6.20. The average Bonchev–Trinajstić information content (AvgIpc) is 3.49. The van der Waals surface area contributed by atoms with E-state index < -0.39 is 6.10 Å². The number of aliphatic hydroxyl groups is 1. The summed E-state index contributed by atoms with van der Waals surface area (Å²) >= 11 is 0. The Morgan fingerprint density at radius 2 is 2.00 bits per heavy atom. The first kappa shape index (κ1) is 25.9. The lowest BCUT2D eigenvalue weighted by atomic mass is 10.1. The monoisotopic (exact) mass is 489 g/mol. The number of rotatable bonds is 12. The Morgan fingerprint density at radius 1 is 1.22 bits per heavy atom. The van der Waals surface area contributed by atoms with Gasteiger partial charge < -0.3 is 19.3 Å². The van der Waals surface area contributed by atoms with Crippen LogP contribution in [0.5, 0.6) is 11.6 Å². The van der Waals surface area contributed by atoms with Crippen LogP contribution in [0.4, 0.5) is 0 Å². The van der Waals surface area contributed by atoms with Crippen LogP contribution in [0.1, 0.15) is 24.0 Å². The van der Waals surface area contributed by atoms with Crippen molar-refractivity contribution in [1.29, 1.82) is 0 Å².